The van der Waals surface area contributed by atoms with Crippen LogP contribution in [0.15, 0.2) is 35.4 Å². The molecule has 0 spiro atoms. The summed E-state index contributed by atoms with van der Waals surface area (Å²) in [5.41, 5.74) is -1.39. The fourth-order valence-electron chi connectivity index (χ4n) is 3.34. The van der Waals surface area contributed by atoms with Crippen LogP contribution in [0.1, 0.15) is 35.8 Å². The average Bonchev–Trinajstić information content (AvgIpc) is 2.96. The molecule has 0 aliphatic heterocycles. The maximum Gasteiger partial charge on any atom is 0.272 e. The van der Waals surface area contributed by atoms with E-state index in [0.29, 0.717) is 0 Å². The number of hydrogen-bond acceptors (Lipinski definition) is 4. The molecule has 1 saturated carbocycles. The zero-order valence-electron chi connectivity index (χ0n) is 15.5. The summed E-state index contributed by atoms with van der Waals surface area (Å²) in [6.07, 6.45) is -0.0286. The fraction of sp³-hybridized carbons (Fsp3) is 0.333. The minimum atomic E-state index is -4.13. The van der Waals surface area contributed by atoms with Gasteiger partial charge in [-0.05, 0) is 31.2 Å². The SMILES string of the molecule is Cn1cc(S(=O)(=O)NC2(C)CC(F)(F)C2)cc1C(=O)Nc1ccc(F)c(C#N)c1. The van der Waals surface area contributed by atoms with Gasteiger partial charge in [0.25, 0.3) is 11.8 Å². The molecule has 1 aromatic heterocycles. The van der Waals surface area contributed by atoms with E-state index in [4.69, 9.17) is 5.26 Å². The summed E-state index contributed by atoms with van der Waals surface area (Å²) in [7, 11) is -2.69. The van der Waals surface area contributed by atoms with Gasteiger partial charge in [0.15, 0.2) is 0 Å². The Hall–Kier alpha value is -2.84. The molecule has 7 nitrogen and oxygen atoms in total. The molecular formula is C18H17F3N4O3S. The van der Waals surface area contributed by atoms with Crippen LogP contribution < -0.4 is 10.0 Å². The van der Waals surface area contributed by atoms with Crippen LogP contribution in [0.3, 0.4) is 0 Å². The molecule has 1 fully saturated rings. The van der Waals surface area contributed by atoms with Crippen LogP contribution in [-0.2, 0) is 17.1 Å². The first-order valence-corrected chi connectivity index (χ1v) is 9.92. The van der Waals surface area contributed by atoms with Crippen molar-refractivity contribution in [3.05, 3.63) is 47.5 Å². The molecule has 1 amide bonds. The van der Waals surface area contributed by atoms with Crippen LogP contribution in [-0.4, -0.2) is 30.4 Å². The first-order valence-electron chi connectivity index (χ1n) is 8.43. The Labute approximate surface area is 165 Å². The summed E-state index contributed by atoms with van der Waals surface area (Å²) < 4.78 is 68.3. The fourth-order valence-corrected chi connectivity index (χ4v) is 4.81. The quantitative estimate of drug-likeness (QED) is 0.767. The largest absolute Gasteiger partial charge is 0.345 e. The lowest BCUT2D eigenvalue weighted by Gasteiger charge is -2.44. The highest BCUT2D eigenvalue weighted by molar-refractivity contribution is 7.89. The van der Waals surface area contributed by atoms with Crippen LogP contribution >= 0.6 is 0 Å². The highest BCUT2D eigenvalue weighted by atomic mass is 32.2. The first-order chi connectivity index (χ1) is 13.3. The molecule has 0 saturated heterocycles. The Morgan fingerprint density at radius 2 is 1.93 bits per heavy atom. The lowest BCUT2D eigenvalue weighted by Crippen LogP contribution is -2.60. The van der Waals surface area contributed by atoms with Gasteiger partial charge in [-0.1, -0.05) is 0 Å². The number of hydrogen-bond donors (Lipinski definition) is 2. The first kappa shape index (κ1) is 20.9. The van der Waals surface area contributed by atoms with E-state index in [1.807, 2.05) is 0 Å². The Balaban J connectivity index is 1.79. The highest BCUT2D eigenvalue weighted by Crippen LogP contribution is 2.45. The lowest BCUT2D eigenvalue weighted by molar-refractivity contribution is -0.121. The molecular weight excluding hydrogens is 409 g/mol. The van der Waals surface area contributed by atoms with Crippen molar-refractivity contribution < 1.29 is 26.4 Å². The van der Waals surface area contributed by atoms with Gasteiger partial charge in [-0.3, -0.25) is 4.79 Å². The molecule has 3 rings (SSSR count). The number of alkyl halides is 2. The van der Waals surface area contributed by atoms with Crippen molar-refractivity contribution in [2.75, 3.05) is 5.32 Å². The molecule has 0 atom stereocenters. The summed E-state index contributed by atoms with van der Waals surface area (Å²) in [6, 6.07) is 6.18. The lowest BCUT2D eigenvalue weighted by atomic mass is 9.76. The minimum Gasteiger partial charge on any atom is -0.345 e. The van der Waals surface area contributed by atoms with Crippen molar-refractivity contribution in [3.63, 3.8) is 0 Å². The van der Waals surface area contributed by atoms with E-state index in [1.54, 1.807) is 6.07 Å². The maximum absolute atomic E-state index is 13.4. The highest BCUT2D eigenvalue weighted by Gasteiger charge is 2.55. The predicted octanol–water partition coefficient (Wildman–Crippen LogP) is 2.75. The summed E-state index contributed by atoms with van der Waals surface area (Å²) in [4.78, 5) is 12.2. The Morgan fingerprint density at radius 3 is 2.52 bits per heavy atom. The topological polar surface area (TPSA) is 104 Å². The molecule has 1 heterocycles. The molecule has 11 heteroatoms. The number of nitrogens with one attached hydrogen (secondary N) is 2. The molecule has 1 aromatic carbocycles. The van der Waals surface area contributed by atoms with E-state index < -0.39 is 46.1 Å². The summed E-state index contributed by atoms with van der Waals surface area (Å²) >= 11 is 0. The molecule has 1 aliphatic rings. The van der Waals surface area contributed by atoms with Gasteiger partial charge in [0.05, 0.1) is 5.56 Å². The molecule has 0 bridgehead atoms. The smallest absolute Gasteiger partial charge is 0.272 e. The second kappa shape index (κ2) is 6.89. The molecule has 1 aliphatic carbocycles. The van der Waals surface area contributed by atoms with Crippen molar-refractivity contribution in [1.29, 1.82) is 5.26 Å². The van der Waals surface area contributed by atoms with Crippen LogP contribution in [0.25, 0.3) is 0 Å². The van der Waals surface area contributed by atoms with E-state index in [9.17, 15) is 26.4 Å². The Kier molecular flexibility index (Phi) is 4.96. The number of benzene rings is 1. The van der Waals surface area contributed by atoms with Crippen LogP contribution in [0.5, 0.6) is 0 Å². The number of halogens is 3. The van der Waals surface area contributed by atoms with Crippen LogP contribution in [0.4, 0.5) is 18.9 Å². The molecule has 2 aromatic rings. The van der Waals surface area contributed by atoms with Gasteiger partial charge < -0.3 is 9.88 Å². The third kappa shape index (κ3) is 4.28. The molecule has 29 heavy (non-hydrogen) atoms. The van der Waals surface area contributed by atoms with Crippen molar-refractivity contribution in [2.24, 2.45) is 7.05 Å². The molecule has 0 radical (unpaired) electrons. The number of sulfonamides is 1. The van der Waals surface area contributed by atoms with Gasteiger partial charge in [0.2, 0.25) is 10.0 Å². The van der Waals surface area contributed by atoms with E-state index in [1.165, 1.54) is 30.8 Å². The van der Waals surface area contributed by atoms with Gasteiger partial charge >= 0.3 is 0 Å². The maximum atomic E-state index is 13.4. The number of nitrogens with zero attached hydrogens (tertiary/aromatic N) is 2. The third-order valence-electron chi connectivity index (χ3n) is 4.55. The number of aromatic nitrogens is 1. The number of aryl methyl sites for hydroxylation is 1. The number of amides is 1. The molecule has 0 unspecified atom stereocenters. The van der Waals surface area contributed by atoms with Crippen molar-refractivity contribution in [2.45, 2.75) is 36.1 Å². The zero-order chi connectivity index (χ0) is 21.6. The van der Waals surface area contributed by atoms with Gasteiger partial charge in [-0.25, -0.2) is 26.3 Å². The summed E-state index contributed by atoms with van der Waals surface area (Å²) in [5, 5.41) is 11.3. The summed E-state index contributed by atoms with van der Waals surface area (Å²) in [5.74, 6) is -4.33. The van der Waals surface area contributed by atoms with Crippen molar-refractivity contribution >= 4 is 21.6 Å². The van der Waals surface area contributed by atoms with Crippen LogP contribution in [0, 0.1) is 17.1 Å². The van der Waals surface area contributed by atoms with E-state index in [-0.39, 0.29) is 21.8 Å². The third-order valence-corrected chi connectivity index (χ3v) is 6.15. The summed E-state index contributed by atoms with van der Waals surface area (Å²) in [6.45, 7) is 1.39. The average molecular weight is 426 g/mol. The minimum absolute atomic E-state index is 0.0303. The van der Waals surface area contributed by atoms with Crippen LogP contribution in [0.2, 0.25) is 0 Å². The van der Waals surface area contributed by atoms with Gasteiger partial charge in [-0.2, -0.15) is 5.26 Å². The number of carbonyl (C=O) groups is 1. The zero-order valence-corrected chi connectivity index (χ0v) is 16.3. The standard InChI is InChI=1S/C18H17F3N4O3S/c1-17(9-18(20,21)10-17)24-29(27,28)13-6-15(25(2)8-13)16(26)23-12-3-4-14(19)11(5-12)7-22/h3-6,8,24H,9-10H2,1-2H3,(H,23,26). The van der Waals surface area contributed by atoms with Crippen molar-refractivity contribution in [3.8, 4) is 6.07 Å². The number of rotatable bonds is 5. The van der Waals surface area contributed by atoms with Gasteiger partial charge in [-0.15, -0.1) is 0 Å². The van der Waals surface area contributed by atoms with Gasteiger partial charge in [0.1, 0.15) is 22.5 Å². The molecule has 2 N–H and O–H groups in total. The van der Waals surface area contributed by atoms with E-state index in [0.717, 1.165) is 18.2 Å². The van der Waals surface area contributed by atoms with E-state index >= 15 is 0 Å². The van der Waals surface area contributed by atoms with E-state index in [2.05, 4.69) is 10.0 Å². The van der Waals surface area contributed by atoms with Gasteiger partial charge in [0, 0.05) is 37.3 Å². The van der Waals surface area contributed by atoms with Crippen molar-refractivity contribution in [1.82, 2.24) is 9.29 Å². The Bertz CT molecular complexity index is 1130. The number of carbonyl (C=O) groups excluding carboxylic acids is 1. The predicted molar refractivity (Wildman–Crippen MR) is 97.4 cm³/mol. The Morgan fingerprint density at radius 1 is 1.28 bits per heavy atom. The number of nitriles is 1. The number of anilines is 1. The monoisotopic (exact) mass is 426 g/mol. The second-order valence-corrected chi connectivity index (χ2v) is 8.99. The molecule has 154 valence electrons. The second-order valence-electron chi connectivity index (χ2n) is 7.31. The normalized spacial score (nSPS) is 17.2.